The number of ether oxygens (including phenoxy) is 1. The lowest BCUT2D eigenvalue weighted by Crippen LogP contribution is -3.00. The molecule has 0 amide bonds. The standard InChI is InChI=1S/C17H30NO.ClH/c1-7-10-18(4,5)11-8-9-16-13-14(2)12-15(3)17(16)19-6;/h12-13H,7-11H2,1-6H3;1H/q+1;/p-1. The lowest BCUT2D eigenvalue weighted by atomic mass is 10.0. The molecule has 0 fully saturated rings. The summed E-state index contributed by atoms with van der Waals surface area (Å²) in [5.74, 6) is 1.08. The normalized spacial score (nSPS) is 11.1. The fourth-order valence-corrected chi connectivity index (χ4v) is 2.93. The van der Waals surface area contributed by atoms with Gasteiger partial charge >= 0.3 is 0 Å². The number of nitrogens with zero attached hydrogens (tertiary/aromatic N) is 1. The summed E-state index contributed by atoms with van der Waals surface area (Å²) < 4.78 is 6.67. The van der Waals surface area contributed by atoms with Gasteiger partial charge in [0.1, 0.15) is 5.75 Å². The van der Waals surface area contributed by atoms with Gasteiger partial charge < -0.3 is 21.6 Å². The van der Waals surface area contributed by atoms with E-state index in [0.717, 1.165) is 16.7 Å². The Morgan fingerprint density at radius 2 is 1.75 bits per heavy atom. The minimum atomic E-state index is 0. The van der Waals surface area contributed by atoms with E-state index in [0.29, 0.717) is 0 Å². The molecular formula is C17H30ClNO. The van der Waals surface area contributed by atoms with Crippen molar-refractivity contribution in [3.63, 3.8) is 0 Å². The zero-order valence-electron chi connectivity index (χ0n) is 13.9. The van der Waals surface area contributed by atoms with E-state index in [1.165, 1.54) is 42.6 Å². The Bertz CT molecular complexity index is 416. The minimum absolute atomic E-state index is 0. The van der Waals surface area contributed by atoms with Crippen LogP contribution >= 0.6 is 0 Å². The Labute approximate surface area is 131 Å². The maximum atomic E-state index is 5.56. The van der Waals surface area contributed by atoms with Crippen LogP contribution in [0.3, 0.4) is 0 Å². The van der Waals surface area contributed by atoms with Crippen LogP contribution in [0.1, 0.15) is 36.5 Å². The Morgan fingerprint density at radius 1 is 1.10 bits per heavy atom. The summed E-state index contributed by atoms with van der Waals surface area (Å²) in [6.45, 7) is 9.03. The highest BCUT2D eigenvalue weighted by molar-refractivity contribution is 5.43. The molecule has 3 heteroatoms. The van der Waals surface area contributed by atoms with Crippen LogP contribution in [0, 0.1) is 13.8 Å². The monoisotopic (exact) mass is 299 g/mol. The van der Waals surface area contributed by atoms with Crippen LogP contribution in [-0.2, 0) is 6.42 Å². The van der Waals surface area contributed by atoms with Crippen molar-refractivity contribution in [2.75, 3.05) is 34.3 Å². The first-order valence-electron chi connectivity index (χ1n) is 7.35. The Kier molecular flexibility index (Phi) is 8.22. The molecule has 0 aliphatic rings. The third-order valence-electron chi connectivity index (χ3n) is 3.74. The molecule has 0 atom stereocenters. The van der Waals surface area contributed by atoms with Gasteiger partial charge in [0.05, 0.1) is 34.3 Å². The maximum Gasteiger partial charge on any atom is 0.124 e. The van der Waals surface area contributed by atoms with Crippen molar-refractivity contribution >= 4 is 0 Å². The molecule has 1 aromatic rings. The molecule has 0 aromatic heterocycles. The number of hydrogen-bond acceptors (Lipinski definition) is 1. The summed E-state index contributed by atoms with van der Waals surface area (Å²) >= 11 is 0. The summed E-state index contributed by atoms with van der Waals surface area (Å²) in [5.41, 5.74) is 3.94. The number of rotatable bonds is 7. The van der Waals surface area contributed by atoms with Gasteiger partial charge in [0, 0.05) is 6.42 Å². The van der Waals surface area contributed by atoms with Gasteiger partial charge in [0.2, 0.25) is 0 Å². The molecule has 1 aromatic carbocycles. The van der Waals surface area contributed by atoms with Crippen molar-refractivity contribution in [1.82, 2.24) is 0 Å². The van der Waals surface area contributed by atoms with Crippen molar-refractivity contribution in [2.45, 2.75) is 40.0 Å². The van der Waals surface area contributed by atoms with E-state index < -0.39 is 0 Å². The molecule has 0 bridgehead atoms. The molecule has 0 radical (unpaired) electrons. The third kappa shape index (κ3) is 5.72. The summed E-state index contributed by atoms with van der Waals surface area (Å²) in [5, 5.41) is 0. The van der Waals surface area contributed by atoms with Crippen LogP contribution in [-0.4, -0.2) is 38.8 Å². The molecule has 20 heavy (non-hydrogen) atoms. The molecular weight excluding hydrogens is 270 g/mol. The number of benzene rings is 1. The molecule has 116 valence electrons. The van der Waals surface area contributed by atoms with Gasteiger partial charge in [-0.1, -0.05) is 24.6 Å². The number of aryl methyl sites for hydroxylation is 3. The Morgan fingerprint density at radius 3 is 2.30 bits per heavy atom. The first-order chi connectivity index (χ1) is 8.89. The molecule has 0 saturated carbocycles. The van der Waals surface area contributed by atoms with Gasteiger partial charge in [-0.15, -0.1) is 0 Å². The van der Waals surface area contributed by atoms with Gasteiger partial charge in [-0.05, 0) is 37.8 Å². The molecule has 0 unspecified atom stereocenters. The molecule has 0 spiro atoms. The zero-order valence-corrected chi connectivity index (χ0v) is 14.7. The van der Waals surface area contributed by atoms with Crippen molar-refractivity contribution in [2.24, 2.45) is 0 Å². The average molecular weight is 300 g/mol. The first-order valence-corrected chi connectivity index (χ1v) is 7.35. The van der Waals surface area contributed by atoms with Crippen LogP contribution in [0.25, 0.3) is 0 Å². The van der Waals surface area contributed by atoms with Crippen LogP contribution < -0.4 is 17.1 Å². The minimum Gasteiger partial charge on any atom is -1.00 e. The number of methoxy groups -OCH3 is 1. The summed E-state index contributed by atoms with van der Waals surface area (Å²) in [6, 6.07) is 4.46. The van der Waals surface area contributed by atoms with Crippen molar-refractivity contribution in [3.05, 3.63) is 28.8 Å². The summed E-state index contributed by atoms with van der Waals surface area (Å²) in [6.07, 6.45) is 3.57. The van der Waals surface area contributed by atoms with E-state index >= 15 is 0 Å². The zero-order chi connectivity index (χ0) is 14.5. The lowest BCUT2D eigenvalue weighted by molar-refractivity contribution is -0.890. The predicted molar refractivity (Wildman–Crippen MR) is 82.9 cm³/mol. The van der Waals surface area contributed by atoms with Crippen LogP contribution in [0.5, 0.6) is 5.75 Å². The fraction of sp³-hybridized carbons (Fsp3) is 0.647. The lowest BCUT2D eigenvalue weighted by Gasteiger charge is -2.29. The van der Waals surface area contributed by atoms with E-state index in [1.807, 2.05) is 0 Å². The first kappa shape index (κ1) is 19.3. The second-order valence-corrected chi connectivity index (χ2v) is 6.26. The highest BCUT2D eigenvalue weighted by Crippen LogP contribution is 2.26. The van der Waals surface area contributed by atoms with Crippen LogP contribution in [0.15, 0.2) is 12.1 Å². The molecule has 0 saturated heterocycles. The SMILES string of the molecule is CCC[N+](C)(C)CCCc1cc(C)cc(C)c1OC.[Cl-]. The molecule has 0 N–H and O–H groups in total. The quantitative estimate of drug-likeness (QED) is 0.675. The van der Waals surface area contributed by atoms with Gasteiger partial charge in [-0.2, -0.15) is 0 Å². The summed E-state index contributed by atoms with van der Waals surface area (Å²) in [7, 11) is 6.42. The van der Waals surface area contributed by atoms with E-state index in [1.54, 1.807) is 7.11 Å². The molecule has 0 aliphatic carbocycles. The predicted octanol–water partition coefficient (Wildman–Crippen LogP) is 0.735. The Balaban J connectivity index is 0.00000361. The molecule has 0 aliphatic heterocycles. The average Bonchev–Trinajstić information content (AvgIpc) is 2.28. The van der Waals surface area contributed by atoms with Gasteiger partial charge in [-0.25, -0.2) is 0 Å². The summed E-state index contributed by atoms with van der Waals surface area (Å²) in [4.78, 5) is 0. The third-order valence-corrected chi connectivity index (χ3v) is 3.74. The van der Waals surface area contributed by atoms with E-state index in [9.17, 15) is 0 Å². The van der Waals surface area contributed by atoms with Gasteiger partial charge in [0.15, 0.2) is 0 Å². The molecule has 2 nitrogen and oxygen atoms in total. The second kappa shape index (κ2) is 8.53. The largest absolute Gasteiger partial charge is 1.00 e. The van der Waals surface area contributed by atoms with Crippen molar-refractivity contribution < 1.29 is 21.6 Å². The fourth-order valence-electron chi connectivity index (χ4n) is 2.93. The van der Waals surface area contributed by atoms with E-state index in [-0.39, 0.29) is 12.4 Å². The highest BCUT2D eigenvalue weighted by Gasteiger charge is 2.14. The smallest absolute Gasteiger partial charge is 0.124 e. The number of halogens is 1. The van der Waals surface area contributed by atoms with E-state index in [2.05, 4.69) is 47.0 Å². The second-order valence-electron chi connectivity index (χ2n) is 6.26. The van der Waals surface area contributed by atoms with Gasteiger partial charge in [-0.3, -0.25) is 0 Å². The van der Waals surface area contributed by atoms with Gasteiger partial charge in [0.25, 0.3) is 0 Å². The highest BCUT2D eigenvalue weighted by atomic mass is 35.5. The number of quaternary nitrogens is 1. The Hall–Kier alpha value is -0.730. The topological polar surface area (TPSA) is 9.23 Å². The van der Waals surface area contributed by atoms with Crippen LogP contribution in [0.2, 0.25) is 0 Å². The molecule has 0 heterocycles. The maximum absolute atomic E-state index is 5.56. The van der Waals surface area contributed by atoms with E-state index in [4.69, 9.17) is 4.74 Å². The number of hydrogen-bond donors (Lipinski definition) is 0. The van der Waals surface area contributed by atoms with Crippen molar-refractivity contribution in [3.8, 4) is 5.75 Å². The van der Waals surface area contributed by atoms with Crippen molar-refractivity contribution in [1.29, 1.82) is 0 Å². The molecule has 1 rings (SSSR count). The van der Waals surface area contributed by atoms with Crippen LogP contribution in [0.4, 0.5) is 0 Å².